The first-order valence-corrected chi connectivity index (χ1v) is 6.78. The number of hydrogen-bond donors (Lipinski definition) is 1. The lowest BCUT2D eigenvalue weighted by Gasteiger charge is -2.43. The van der Waals surface area contributed by atoms with E-state index in [1.807, 2.05) is 13.8 Å². The molecule has 92 valence electrons. The van der Waals surface area contributed by atoms with Crippen molar-refractivity contribution in [3.8, 4) is 6.07 Å². The molecule has 0 aromatic rings. The van der Waals surface area contributed by atoms with E-state index in [1.54, 1.807) is 0 Å². The van der Waals surface area contributed by atoms with E-state index >= 15 is 0 Å². The zero-order chi connectivity index (χ0) is 12.1. The molecule has 0 spiro atoms. The van der Waals surface area contributed by atoms with Crippen LogP contribution in [0.1, 0.15) is 71.6 Å². The fourth-order valence-corrected chi connectivity index (χ4v) is 3.12. The van der Waals surface area contributed by atoms with E-state index in [0.29, 0.717) is 12.8 Å². The molecule has 0 aromatic carbocycles. The molecule has 2 heteroatoms. The lowest BCUT2D eigenvalue weighted by Crippen LogP contribution is -2.47. The van der Waals surface area contributed by atoms with Crippen molar-refractivity contribution in [1.82, 2.24) is 0 Å². The first kappa shape index (κ1) is 13.5. The summed E-state index contributed by atoms with van der Waals surface area (Å²) in [5.74, 6) is 0. The minimum Gasteiger partial charge on any atom is -0.388 e. The van der Waals surface area contributed by atoms with Gasteiger partial charge >= 0.3 is 0 Å². The highest BCUT2D eigenvalue weighted by atomic mass is 16.3. The van der Waals surface area contributed by atoms with Crippen molar-refractivity contribution >= 4 is 0 Å². The maximum atomic E-state index is 10.7. The summed E-state index contributed by atoms with van der Waals surface area (Å²) in [4.78, 5) is 0. The van der Waals surface area contributed by atoms with Crippen LogP contribution >= 0.6 is 0 Å². The topological polar surface area (TPSA) is 44.0 Å². The van der Waals surface area contributed by atoms with Crippen LogP contribution in [-0.2, 0) is 0 Å². The molecule has 1 rings (SSSR count). The largest absolute Gasteiger partial charge is 0.388 e. The highest BCUT2D eigenvalue weighted by Gasteiger charge is 2.47. The van der Waals surface area contributed by atoms with Crippen LogP contribution in [0.3, 0.4) is 0 Å². The van der Waals surface area contributed by atoms with Crippen LogP contribution in [0.25, 0.3) is 0 Å². The fourth-order valence-electron chi connectivity index (χ4n) is 3.12. The highest BCUT2D eigenvalue weighted by Crippen LogP contribution is 2.46. The summed E-state index contributed by atoms with van der Waals surface area (Å²) in [5.41, 5.74) is -1.27. The van der Waals surface area contributed by atoms with Gasteiger partial charge in [-0.15, -0.1) is 0 Å². The number of rotatable bonds is 3. The lowest BCUT2D eigenvalue weighted by atomic mass is 9.63. The smallest absolute Gasteiger partial charge is 0.0860 e. The molecule has 0 radical (unpaired) electrons. The standard InChI is InChI=1S/C14H25NO/c1-3-14(16,4-2)13(12-15)10-8-6-5-7-9-11-13/h16H,3-11H2,1-2H3. The van der Waals surface area contributed by atoms with Crippen LogP contribution in [0.5, 0.6) is 0 Å². The molecule has 0 atom stereocenters. The number of nitriles is 1. The Morgan fingerprint density at radius 1 is 1.06 bits per heavy atom. The Labute approximate surface area is 99.7 Å². The van der Waals surface area contributed by atoms with E-state index in [1.165, 1.54) is 19.3 Å². The van der Waals surface area contributed by atoms with Crippen molar-refractivity contribution in [1.29, 1.82) is 5.26 Å². The van der Waals surface area contributed by atoms with Crippen LogP contribution in [0.15, 0.2) is 0 Å². The molecular formula is C14H25NO. The van der Waals surface area contributed by atoms with Gasteiger partial charge in [-0.3, -0.25) is 0 Å². The molecule has 0 amide bonds. The van der Waals surface area contributed by atoms with Crippen molar-refractivity contribution in [2.45, 2.75) is 77.2 Å². The summed E-state index contributed by atoms with van der Waals surface area (Å²) in [7, 11) is 0. The van der Waals surface area contributed by atoms with Gasteiger partial charge in [0.1, 0.15) is 0 Å². The average molecular weight is 223 g/mol. The lowest BCUT2D eigenvalue weighted by molar-refractivity contribution is -0.0735. The quantitative estimate of drug-likeness (QED) is 0.791. The van der Waals surface area contributed by atoms with Crippen molar-refractivity contribution in [2.24, 2.45) is 5.41 Å². The Hall–Kier alpha value is -0.550. The molecule has 2 nitrogen and oxygen atoms in total. The molecular weight excluding hydrogens is 198 g/mol. The van der Waals surface area contributed by atoms with E-state index in [9.17, 15) is 10.4 Å². The van der Waals surface area contributed by atoms with Gasteiger partial charge in [0.25, 0.3) is 0 Å². The molecule has 1 fully saturated rings. The van der Waals surface area contributed by atoms with E-state index in [0.717, 1.165) is 25.7 Å². The monoisotopic (exact) mass is 223 g/mol. The first-order chi connectivity index (χ1) is 7.64. The van der Waals surface area contributed by atoms with E-state index in [4.69, 9.17) is 0 Å². The molecule has 0 heterocycles. The summed E-state index contributed by atoms with van der Waals surface area (Å²) in [5, 5.41) is 20.2. The van der Waals surface area contributed by atoms with Crippen molar-refractivity contribution in [2.75, 3.05) is 0 Å². The van der Waals surface area contributed by atoms with Gasteiger partial charge in [-0.1, -0.05) is 46.0 Å². The molecule has 0 aromatic heterocycles. The summed E-state index contributed by atoms with van der Waals surface area (Å²) in [6.45, 7) is 4.00. The van der Waals surface area contributed by atoms with Gasteiger partial charge in [0, 0.05) is 0 Å². The minimum absolute atomic E-state index is 0.489. The van der Waals surface area contributed by atoms with Crippen molar-refractivity contribution < 1.29 is 5.11 Å². The summed E-state index contributed by atoms with van der Waals surface area (Å²) in [6, 6.07) is 2.48. The summed E-state index contributed by atoms with van der Waals surface area (Å²) < 4.78 is 0. The van der Waals surface area contributed by atoms with E-state index in [-0.39, 0.29) is 0 Å². The van der Waals surface area contributed by atoms with Gasteiger partial charge in [-0.25, -0.2) is 0 Å². The Morgan fingerprint density at radius 3 is 1.88 bits per heavy atom. The zero-order valence-corrected chi connectivity index (χ0v) is 10.8. The second-order valence-corrected chi connectivity index (χ2v) is 5.20. The third kappa shape index (κ3) is 2.40. The second-order valence-electron chi connectivity index (χ2n) is 5.20. The van der Waals surface area contributed by atoms with Crippen LogP contribution in [-0.4, -0.2) is 10.7 Å². The molecule has 0 bridgehead atoms. The molecule has 16 heavy (non-hydrogen) atoms. The van der Waals surface area contributed by atoms with Crippen molar-refractivity contribution in [3.63, 3.8) is 0 Å². The summed E-state index contributed by atoms with van der Waals surface area (Å²) >= 11 is 0. The Kier molecular flexibility index (Phi) is 4.80. The van der Waals surface area contributed by atoms with Crippen LogP contribution in [0.4, 0.5) is 0 Å². The molecule has 1 aliphatic carbocycles. The minimum atomic E-state index is -0.779. The molecule has 0 unspecified atom stereocenters. The predicted octanol–water partition coefficient (Wildman–Crippen LogP) is 3.79. The molecule has 1 saturated carbocycles. The van der Waals surface area contributed by atoms with Gasteiger partial charge in [0.2, 0.25) is 0 Å². The predicted molar refractivity (Wildman–Crippen MR) is 65.9 cm³/mol. The molecule has 1 aliphatic rings. The van der Waals surface area contributed by atoms with Gasteiger partial charge in [-0.05, 0) is 25.7 Å². The van der Waals surface area contributed by atoms with Crippen molar-refractivity contribution in [3.05, 3.63) is 0 Å². The van der Waals surface area contributed by atoms with E-state index < -0.39 is 11.0 Å². The van der Waals surface area contributed by atoms with E-state index in [2.05, 4.69) is 6.07 Å². The number of aliphatic hydroxyl groups is 1. The highest BCUT2D eigenvalue weighted by molar-refractivity contribution is 5.10. The Morgan fingerprint density at radius 2 is 1.50 bits per heavy atom. The Balaban J connectivity index is 2.92. The maximum absolute atomic E-state index is 10.7. The van der Waals surface area contributed by atoms with Gasteiger partial charge in [-0.2, -0.15) is 5.26 Å². The number of nitrogens with zero attached hydrogens (tertiary/aromatic N) is 1. The van der Waals surface area contributed by atoms with Gasteiger partial charge in [0.05, 0.1) is 17.1 Å². The molecule has 1 N–H and O–H groups in total. The van der Waals surface area contributed by atoms with Crippen LogP contribution in [0, 0.1) is 16.7 Å². The fraction of sp³-hybridized carbons (Fsp3) is 0.929. The normalized spacial score (nSPS) is 21.9. The third-order valence-electron chi connectivity index (χ3n) is 4.48. The SMILES string of the molecule is CCC(O)(CC)C1(C#N)CCCCCCC1. The van der Waals surface area contributed by atoms with Gasteiger partial charge in [0.15, 0.2) is 0 Å². The van der Waals surface area contributed by atoms with Crippen LogP contribution in [0.2, 0.25) is 0 Å². The average Bonchev–Trinajstić information content (AvgIpc) is 2.28. The Bertz CT molecular complexity index is 242. The maximum Gasteiger partial charge on any atom is 0.0860 e. The first-order valence-electron chi connectivity index (χ1n) is 6.78. The molecule has 0 saturated heterocycles. The second kappa shape index (κ2) is 5.68. The number of hydrogen-bond acceptors (Lipinski definition) is 2. The van der Waals surface area contributed by atoms with Crippen LogP contribution < -0.4 is 0 Å². The summed E-state index contributed by atoms with van der Waals surface area (Å²) in [6.07, 6.45) is 9.04. The third-order valence-corrected chi connectivity index (χ3v) is 4.48. The zero-order valence-electron chi connectivity index (χ0n) is 10.8. The van der Waals surface area contributed by atoms with Gasteiger partial charge < -0.3 is 5.11 Å². The molecule has 0 aliphatic heterocycles.